The summed E-state index contributed by atoms with van der Waals surface area (Å²) in [5.74, 6) is 1.07. The molecule has 1 aliphatic rings. The molecule has 0 bridgehead atoms. The zero-order valence-electron chi connectivity index (χ0n) is 8.72. The highest BCUT2D eigenvalue weighted by Gasteiger charge is 2.23. The molecular weight excluding hydrogens is 194 g/mol. The van der Waals surface area contributed by atoms with Gasteiger partial charge in [0, 0.05) is 6.04 Å². The molecule has 0 aliphatic heterocycles. The summed E-state index contributed by atoms with van der Waals surface area (Å²) in [5, 5.41) is 0. The van der Waals surface area contributed by atoms with E-state index in [4.69, 9.17) is 15.2 Å². The van der Waals surface area contributed by atoms with Gasteiger partial charge in [-0.25, -0.2) is 9.97 Å². The van der Waals surface area contributed by atoms with Crippen LogP contribution in [0.2, 0.25) is 0 Å². The Bertz CT molecular complexity index is 332. The average molecular weight is 209 g/mol. The number of hydrogen-bond donors (Lipinski definition) is 1. The van der Waals surface area contributed by atoms with E-state index in [0.717, 1.165) is 19.3 Å². The number of rotatable bonds is 3. The average Bonchev–Trinajstić information content (AvgIpc) is 2.64. The van der Waals surface area contributed by atoms with E-state index in [2.05, 4.69) is 9.97 Å². The van der Waals surface area contributed by atoms with Gasteiger partial charge in [-0.3, -0.25) is 0 Å². The minimum atomic E-state index is 0.180. The van der Waals surface area contributed by atoms with Crippen LogP contribution < -0.4 is 15.2 Å². The molecule has 2 unspecified atom stereocenters. The Hall–Kier alpha value is -1.36. The SMILES string of the molecule is COc1cc(OC2CCC(N)C2)ncn1. The maximum absolute atomic E-state index is 5.80. The van der Waals surface area contributed by atoms with Crippen LogP contribution >= 0.6 is 0 Å². The van der Waals surface area contributed by atoms with Crippen molar-refractivity contribution < 1.29 is 9.47 Å². The first-order valence-electron chi connectivity index (χ1n) is 5.06. The largest absolute Gasteiger partial charge is 0.481 e. The van der Waals surface area contributed by atoms with Crippen LogP contribution in [-0.4, -0.2) is 29.2 Å². The van der Waals surface area contributed by atoms with E-state index in [1.54, 1.807) is 13.2 Å². The molecule has 82 valence electrons. The molecule has 1 saturated carbocycles. The molecule has 0 aromatic carbocycles. The van der Waals surface area contributed by atoms with Gasteiger partial charge in [-0.2, -0.15) is 0 Å². The van der Waals surface area contributed by atoms with Crippen LogP contribution in [0.15, 0.2) is 12.4 Å². The number of nitrogens with two attached hydrogens (primary N) is 1. The van der Waals surface area contributed by atoms with Gasteiger partial charge in [-0.1, -0.05) is 0 Å². The molecule has 2 rings (SSSR count). The maximum Gasteiger partial charge on any atom is 0.220 e. The van der Waals surface area contributed by atoms with Gasteiger partial charge in [0.1, 0.15) is 12.4 Å². The van der Waals surface area contributed by atoms with Crippen LogP contribution in [0.3, 0.4) is 0 Å². The summed E-state index contributed by atoms with van der Waals surface area (Å²) in [6.45, 7) is 0. The van der Waals surface area contributed by atoms with E-state index in [-0.39, 0.29) is 12.1 Å². The lowest BCUT2D eigenvalue weighted by Crippen LogP contribution is -2.19. The van der Waals surface area contributed by atoms with Gasteiger partial charge in [0.25, 0.3) is 0 Å². The standard InChI is InChI=1S/C10H15N3O2/c1-14-9-5-10(13-6-12-9)15-8-3-2-7(11)4-8/h5-8H,2-4,11H2,1H3. The Morgan fingerprint density at radius 2 is 2.13 bits per heavy atom. The third kappa shape index (κ3) is 2.56. The lowest BCUT2D eigenvalue weighted by atomic mass is 10.3. The van der Waals surface area contributed by atoms with Crippen molar-refractivity contribution in [1.82, 2.24) is 9.97 Å². The quantitative estimate of drug-likeness (QED) is 0.795. The van der Waals surface area contributed by atoms with Gasteiger partial charge in [0.05, 0.1) is 13.2 Å². The van der Waals surface area contributed by atoms with Crippen LogP contribution in [0, 0.1) is 0 Å². The topological polar surface area (TPSA) is 70.3 Å². The number of nitrogens with zero attached hydrogens (tertiary/aromatic N) is 2. The molecule has 0 spiro atoms. The minimum Gasteiger partial charge on any atom is -0.481 e. The van der Waals surface area contributed by atoms with Crippen molar-refractivity contribution >= 4 is 0 Å². The first-order valence-corrected chi connectivity index (χ1v) is 5.06. The van der Waals surface area contributed by atoms with Crippen molar-refractivity contribution in [2.75, 3.05) is 7.11 Å². The van der Waals surface area contributed by atoms with Gasteiger partial charge in [-0.15, -0.1) is 0 Å². The fourth-order valence-electron chi connectivity index (χ4n) is 1.75. The summed E-state index contributed by atoms with van der Waals surface area (Å²) in [7, 11) is 1.57. The molecule has 1 heterocycles. The fourth-order valence-corrected chi connectivity index (χ4v) is 1.75. The Balaban J connectivity index is 1.98. The molecule has 2 atom stereocenters. The number of ether oxygens (including phenoxy) is 2. The molecule has 5 heteroatoms. The highest BCUT2D eigenvalue weighted by molar-refractivity contribution is 5.18. The van der Waals surface area contributed by atoms with E-state index in [9.17, 15) is 0 Å². The van der Waals surface area contributed by atoms with Gasteiger partial charge >= 0.3 is 0 Å². The lowest BCUT2D eigenvalue weighted by molar-refractivity contribution is 0.198. The van der Waals surface area contributed by atoms with Crippen molar-refractivity contribution in [2.45, 2.75) is 31.4 Å². The van der Waals surface area contributed by atoms with Gasteiger partial charge in [0.15, 0.2) is 0 Å². The highest BCUT2D eigenvalue weighted by atomic mass is 16.5. The van der Waals surface area contributed by atoms with Crippen LogP contribution in [0.5, 0.6) is 11.8 Å². The fraction of sp³-hybridized carbons (Fsp3) is 0.600. The molecule has 1 aliphatic carbocycles. The minimum absolute atomic E-state index is 0.180. The molecular formula is C10H15N3O2. The predicted molar refractivity (Wildman–Crippen MR) is 54.8 cm³/mol. The molecule has 0 saturated heterocycles. The van der Waals surface area contributed by atoms with Gasteiger partial charge in [-0.05, 0) is 19.3 Å². The summed E-state index contributed by atoms with van der Waals surface area (Å²) in [5.41, 5.74) is 5.80. The van der Waals surface area contributed by atoms with Crippen LogP contribution in [0.4, 0.5) is 0 Å². The molecule has 0 radical (unpaired) electrons. The Morgan fingerprint density at radius 3 is 2.80 bits per heavy atom. The second-order valence-electron chi connectivity index (χ2n) is 3.71. The van der Waals surface area contributed by atoms with E-state index in [0.29, 0.717) is 11.8 Å². The van der Waals surface area contributed by atoms with Crippen molar-refractivity contribution in [3.63, 3.8) is 0 Å². The number of hydrogen-bond acceptors (Lipinski definition) is 5. The molecule has 0 amide bonds. The number of aromatic nitrogens is 2. The second kappa shape index (κ2) is 4.44. The van der Waals surface area contributed by atoms with Crippen molar-refractivity contribution in [3.8, 4) is 11.8 Å². The monoisotopic (exact) mass is 209 g/mol. The maximum atomic E-state index is 5.80. The number of methoxy groups -OCH3 is 1. The summed E-state index contributed by atoms with van der Waals surface area (Å²) in [6.07, 6.45) is 4.52. The Kier molecular flexibility index (Phi) is 3.01. The second-order valence-corrected chi connectivity index (χ2v) is 3.71. The van der Waals surface area contributed by atoms with Crippen LogP contribution in [0.25, 0.3) is 0 Å². The molecule has 5 nitrogen and oxygen atoms in total. The van der Waals surface area contributed by atoms with Gasteiger partial charge < -0.3 is 15.2 Å². The predicted octanol–water partition coefficient (Wildman–Crippen LogP) is 0.744. The molecule has 1 fully saturated rings. The van der Waals surface area contributed by atoms with Crippen LogP contribution in [0.1, 0.15) is 19.3 Å². The normalized spacial score (nSPS) is 25.2. The summed E-state index contributed by atoms with van der Waals surface area (Å²) >= 11 is 0. The molecule has 1 aromatic heterocycles. The first-order chi connectivity index (χ1) is 7.28. The lowest BCUT2D eigenvalue weighted by Gasteiger charge is -2.12. The zero-order valence-corrected chi connectivity index (χ0v) is 8.72. The van der Waals surface area contributed by atoms with E-state index < -0.39 is 0 Å². The molecule has 1 aromatic rings. The van der Waals surface area contributed by atoms with Crippen molar-refractivity contribution in [2.24, 2.45) is 5.73 Å². The van der Waals surface area contributed by atoms with E-state index in [1.807, 2.05) is 0 Å². The summed E-state index contributed by atoms with van der Waals surface area (Å²) in [4.78, 5) is 7.93. The van der Waals surface area contributed by atoms with E-state index in [1.165, 1.54) is 6.33 Å². The Labute approximate surface area is 88.6 Å². The Morgan fingerprint density at radius 1 is 1.33 bits per heavy atom. The van der Waals surface area contributed by atoms with Crippen molar-refractivity contribution in [3.05, 3.63) is 12.4 Å². The molecule has 15 heavy (non-hydrogen) atoms. The van der Waals surface area contributed by atoms with Gasteiger partial charge in [0.2, 0.25) is 11.8 Å². The third-order valence-corrected chi connectivity index (χ3v) is 2.54. The van der Waals surface area contributed by atoms with Crippen LogP contribution in [-0.2, 0) is 0 Å². The highest BCUT2D eigenvalue weighted by Crippen LogP contribution is 2.23. The zero-order chi connectivity index (χ0) is 10.7. The van der Waals surface area contributed by atoms with Crippen molar-refractivity contribution in [1.29, 1.82) is 0 Å². The third-order valence-electron chi connectivity index (χ3n) is 2.54. The molecule has 2 N–H and O–H groups in total. The summed E-state index contributed by atoms with van der Waals surface area (Å²) < 4.78 is 10.7. The van der Waals surface area contributed by atoms with E-state index >= 15 is 0 Å². The first kappa shape index (κ1) is 10.2. The smallest absolute Gasteiger partial charge is 0.220 e. The summed E-state index contributed by atoms with van der Waals surface area (Å²) in [6, 6.07) is 1.95.